The summed E-state index contributed by atoms with van der Waals surface area (Å²) in [5.74, 6) is -2.34. The van der Waals surface area contributed by atoms with Gasteiger partial charge in [0, 0.05) is 16.3 Å². The largest absolute Gasteiger partial charge is 0.481 e. The maximum Gasteiger partial charge on any atom is 0.306 e. The Morgan fingerprint density at radius 2 is 1.78 bits per heavy atom. The number of unbranched alkanes of at least 4 members (excludes halogenated alkanes) is 1. The number of carbonyl (C=O) groups excluding carboxylic acids is 1. The van der Waals surface area contributed by atoms with Crippen molar-refractivity contribution < 1.29 is 71.6 Å². The third-order valence-electron chi connectivity index (χ3n) is 11.3. The molecule has 0 aromatic heterocycles. The van der Waals surface area contributed by atoms with Crippen LogP contribution in [0.4, 0.5) is 0 Å². The molecular weight excluding hydrogens is 813 g/mol. The molecule has 0 aromatic rings. The summed E-state index contributed by atoms with van der Waals surface area (Å²) in [5, 5.41) is 47.0. The van der Waals surface area contributed by atoms with Crippen LogP contribution in [-0.2, 0) is 50.9 Å². The van der Waals surface area contributed by atoms with Gasteiger partial charge < -0.3 is 24.4 Å². The molecule has 0 amide bonds. The van der Waals surface area contributed by atoms with Gasteiger partial charge in [0.05, 0.1) is 18.1 Å². The average molecular weight is 865 g/mol. The Morgan fingerprint density at radius 1 is 1.10 bits per heavy atom. The molecule has 4 rings (SSSR count). The minimum Gasteiger partial charge on any atom is -0.481 e. The summed E-state index contributed by atoms with van der Waals surface area (Å²) >= 11 is 2.61. The molecule has 12 atom stereocenters. The van der Waals surface area contributed by atoms with Crippen LogP contribution in [0.15, 0.2) is 12.2 Å². The molecule has 3 saturated carbocycles. The number of ether oxygens (including phenoxy) is 3. The van der Waals surface area contributed by atoms with Crippen molar-refractivity contribution in [2.45, 2.75) is 135 Å². The Kier molecular flexibility index (Phi) is 16.4. The lowest BCUT2D eigenvalue weighted by Crippen LogP contribution is -2.63. The van der Waals surface area contributed by atoms with Crippen molar-refractivity contribution in [3.8, 4) is 0 Å². The first-order valence-electron chi connectivity index (χ1n) is 17.1. The first-order chi connectivity index (χ1) is 23.9. The van der Waals surface area contributed by atoms with Gasteiger partial charge in [0.1, 0.15) is 18.3 Å². The monoisotopic (exact) mass is 864 g/mol. The molecule has 3 aliphatic carbocycles. The number of aliphatic hydroxyl groups is 1. The van der Waals surface area contributed by atoms with Gasteiger partial charge in [-0.15, -0.1) is 8.67 Å². The zero-order valence-corrected chi connectivity index (χ0v) is 32.6. The number of carboxylic acids is 1. The van der Waals surface area contributed by atoms with Crippen LogP contribution in [0.2, 0.25) is 0 Å². The van der Waals surface area contributed by atoms with E-state index in [9.17, 15) is 19.8 Å². The topological polar surface area (TPSA) is 198 Å². The van der Waals surface area contributed by atoms with Gasteiger partial charge in [-0.05, 0) is 73.7 Å². The van der Waals surface area contributed by atoms with Crippen molar-refractivity contribution in [3.63, 3.8) is 0 Å². The smallest absolute Gasteiger partial charge is 0.306 e. The van der Waals surface area contributed by atoms with E-state index in [4.69, 9.17) is 33.1 Å². The van der Waals surface area contributed by atoms with Crippen molar-refractivity contribution in [2.24, 2.45) is 34.5 Å². The number of carbonyl (C=O) groups is 2. The summed E-state index contributed by atoms with van der Waals surface area (Å²) in [5.41, 5.74) is -0.0593. The number of esters is 1. The van der Waals surface area contributed by atoms with Crippen molar-refractivity contribution in [1.29, 1.82) is 0 Å². The molecule has 0 bridgehead atoms. The summed E-state index contributed by atoms with van der Waals surface area (Å²) in [6.45, 7) is 12.2. The summed E-state index contributed by atoms with van der Waals surface area (Å²) < 4.78 is 39.8. The van der Waals surface area contributed by atoms with E-state index in [1.165, 1.54) is 0 Å². The number of halogens is 1. The van der Waals surface area contributed by atoms with E-state index >= 15 is 0 Å². The van der Waals surface area contributed by atoms with E-state index in [-0.39, 0.29) is 55.2 Å². The molecule has 7 unspecified atom stereocenters. The van der Waals surface area contributed by atoms with Crippen LogP contribution in [0.1, 0.15) is 91.9 Å². The number of alkyl halides is 1. The van der Waals surface area contributed by atoms with Crippen LogP contribution >= 0.6 is 47.2 Å². The van der Waals surface area contributed by atoms with Crippen LogP contribution in [0.5, 0.6) is 0 Å². The minimum atomic E-state index is -1.28. The molecule has 50 heavy (non-hydrogen) atoms. The van der Waals surface area contributed by atoms with Gasteiger partial charge in [0.15, 0.2) is 37.0 Å². The fourth-order valence-corrected chi connectivity index (χ4v) is 10.7. The van der Waals surface area contributed by atoms with Crippen molar-refractivity contribution in [1.82, 2.24) is 0 Å². The highest BCUT2D eigenvalue weighted by Crippen LogP contribution is 2.67. The average Bonchev–Trinajstić information content (AvgIpc) is 3.34. The second kappa shape index (κ2) is 19.3. The maximum atomic E-state index is 13.2. The van der Waals surface area contributed by atoms with Gasteiger partial charge >= 0.3 is 11.9 Å². The Morgan fingerprint density at radius 3 is 2.34 bits per heavy atom. The van der Waals surface area contributed by atoms with E-state index in [1.807, 2.05) is 13.8 Å². The number of aliphatic hydroxyl groups excluding tert-OH is 1. The van der Waals surface area contributed by atoms with Crippen molar-refractivity contribution >= 4 is 59.2 Å². The number of fused-ring (bicyclic) bond motifs is 1. The fraction of sp³-hybridized carbons (Fsp3) is 0.875. The number of aliphatic carboxylic acids is 1. The molecule has 0 aromatic carbocycles. The summed E-state index contributed by atoms with van der Waals surface area (Å²) in [6, 6.07) is 0. The lowest BCUT2D eigenvalue weighted by Gasteiger charge is -2.62. The van der Waals surface area contributed by atoms with Crippen LogP contribution in [0, 0.1) is 34.5 Å². The third-order valence-corrected chi connectivity index (χ3v) is 13.0. The maximum absolute atomic E-state index is 13.2. The Balaban J connectivity index is 1.71. The SMILES string of the molecule is C=C1CCC2(CCC3C(C(=O)O)CC(O[C@H]4O[C@@H](C[125I])[C@@H](OSOOO)[C@H](OSOOO)C4OC(=O)CC(C)C)CC3(C)C2CCCC)[C@H]1O. The highest BCUT2D eigenvalue weighted by molar-refractivity contribution is 14.1. The van der Waals surface area contributed by atoms with Crippen molar-refractivity contribution in [2.75, 3.05) is 4.43 Å². The molecule has 15 nitrogen and oxygen atoms in total. The van der Waals surface area contributed by atoms with Gasteiger partial charge in [-0.3, -0.25) is 18.0 Å². The molecule has 0 radical (unpaired) electrons. The van der Waals surface area contributed by atoms with E-state index in [0.717, 1.165) is 44.1 Å². The van der Waals surface area contributed by atoms with Gasteiger partial charge in [0.25, 0.3) is 0 Å². The number of hydrogen-bond donors (Lipinski definition) is 4. The quantitative estimate of drug-likeness (QED) is 0.0131. The zero-order valence-electron chi connectivity index (χ0n) is 28.8. The molecular formula is C32H51IO15S2. The fourth-order valence-electron chi connectivity index (χ4n) is 9.25. The Bertz CT molecular complexity index is 1140. The van der Waals surface area contributed by atoms with Gasteiger partial charge in [0.2, 0.25) is 0 Å². The van der Waals surface area contributed by atoms with Crippen molar-refractivity contribution in [3.05, 3.63) is 12.2 Å². The standard InChI is InChI=1S/C32H51IO15S2/c1-6-7-8-23-31(5)15-19(14-20(29(36)37)21(31)10-12-32(23)11-9-18(4)28(32)35)40-30-27(42-24(34)13-17(2)3)26(44-50-48-46-39)25(22(16-33)41-30)43-49-47-45-38/h17,19-23,25-28,30,35,38-39H,4,6-16H2,1-3,5H3,(H,36,37)/t19?,20?,21?,22-,23?,25+,26-,27?,28-,30-,31?,32?/m0/s1/i33-2. The molecule has 1 spiro atoms. The normalized spacial score (nSPS) is 38.8. The molecule has 1 heterocycles. The molecule has 1 aliphatic heterocycles. The molecule has 4 aliphatic rings. The molecule has 288 valence electrons. The minimum absolute atomic E-state index is 0.0249. The lowest BCUT2D eigenvalue weighted by molar-refractivity contribution is -0.436. The van der Waals surface area contributed by atoms with Crippen LogP contribution in [-0.4, -0.2) is 80.0 Å². The first kappa shape index (κ1) is 42.4. The van der Waals surface area contributed by atoms with Crippen LogP contribution < -0.4 is 0 Å². The summed E-state index contributed by atoms with van der Waals surface area (Å²) in [6.07, 6.45) is -0.307. The highest BCUT2D eigenvalue weighted by atomic mass is 125. The predicted molar refractivity (Wildman–Crippen MR) is 187 cm³/mol. The summed E-state index contributed by atoms with van der Waals surface area (Å²) in [4.78, 5) is 26.1. The van der Waals surface area contributed by atoms with E-state index in [0.29, 0.717) is 17.3 Å². The predicted octanol–water partition coefficient (Wildman–Crippen LogP) is 6.64. The second-order valence-electron chi connectivity index (χ2n) is 14.6. The zero-order chi connectivity index (χ0) is 36.6. The highest BCUT2D eigenvalue weighted by Gasteiger charge is 2.64. The molecule has 18 heteroatoms. The Labute approximate surface area is 315 Å². The number of rotatable bonds is 18. The first-order valence-corrected chi connectivity index (χ1v) is 20.0. The van der Waals surface area contributed by atoms with Gasteiger partial charge in [-0.25, -0.2) is 10.5 Å². The lowest BCUT2D eigenvalue weighted by atomic mass is 9.44. The van der Waals surface area contributed by atoms with Gasteiger partial charge in [-0.1, -0.05) is 79.8 Å². The molecule has 1 saturated heterocycles. The van der Waals surface area contributed by atoms with E-state index in [1.54, 1.807) is 0 Å². The molecule has 4 fully saturated rings. The Hall–Kier alpha value is -0.330. The van der Waals surface area contributed by atoms with Gasteiger partial charge in [-0.2, -0.15) is 0 Å². The van der Waals surface area contributed by atoms with E-state index < -0.39 is 71.6 Å². The van der Waals surface area contributed by atoms with Crippen LogP contribution in [0.25, 0.3) is 0 Å². The molecule has 4 N–H and O–H groups in total. The van der Waals surface area contributed by atoms with E-state index in [2.05, 4.69) is 61.8 Å². The number of carboxylic acid groups (broad SMARTS) is 1. The summed E-state index contributed by atoms with van der Waals surface area (Å²) in [7, 11) is 0. The number of hydrogen-bond acceptors (Lipinski definition) is 16. The van der Waals surface area contributed by atoms with Crippen LogP contribution in [0.3, 0.4) is 0 Å². The third kappa shape index (κ3) is 9.48. The second-order valence-corrected chi connectivity index (χ2v) is 16.4.